The largest absolute Gasteiger partial charge is 0.478 e. The van der Waals surface area contributed by atoms with E-state index in [4.69, 9.17) is 5.11 Å². The molecule has 2 aromatic heterocycles. The van der Waals surface area contributed by atoms with Gasteiger partial charge in [-0.1, -0.05) is 11.8 Å². The molecule has 0 saturated heterocycles. The zero-order valence-corrected chi connectivity index (χ0v) is 8.15. The van der Waals surface area contributed by atoms with Crippen molar-refractivity contribution in [1.29, 1.82) is 0 Å². The number of hydrogen-bond acceptors (Lipinski definition) is 4. The van der Waals surface area contributed by atoms with Gasteiger partial charge in [0.1, 0.15) is 5.56 Å². The molecule has 5 nitrogen and oxygen atoms in total. The van der Waals surface area contributed by atoms with Crippen LogP contribution in [-0.4, -0.2) is 31.9 Å². The molecule has 0 saturated carbocycles. The van der Waals surface area contributed by atoms with Crippen LogP contribution in [0.3, 0.4) is 0 Å². The molecule has 0 aromatic carbocycles. The second-order valence-electron chi connectivity index (χ2n) is 2.61. The van der Waals surface area contributed by atoms with Crippen molar-refractivity contribution in [2.75, 3.05) is 6.26 Å². The lowest BCUT2D eigenvalue weighted by atomic mass is 10.3. The summed E-state index contributed by atoms with van der Waals surface area (Å²) in [5, 5.41) is 17.3. The quantitative estimate of drug-likeness (QED) is 0.751. The molecule has 0 unspecified atom stereocenters. The topological polar surface area (TPSA) is 67.5 Å². The fourth-order valence-corrected chi connectivity index (χ4v) is 1.67. The number of carboxylic acids is 1. The van der Waals surface area contributed by atoms with E-state index in [1.165, 1.54) is 17.8 Å². The van der Waals surface area contributed by atoms with E-state index < -0.39 is 5.97 Å². The van der Waals surface area contributed by atoms with Gasteiger partial charge in [0, 0.05) is 6.20 Å². The molecule has 2 rings (SSSR count). The summed E-state index contributed by atoms with van der Waals surface area (Å²) in [6.45, 7) is 0. The Labute approximate surface area is 83.8 Å². The van der Waals surface area contributed by atoms with Crippen molar-refractivity contribution in [2.24, 2.45) is 0 Å². The number of rotatable bonds is 2. The molecular weight excluding hydrogens is 202 g/mol. The highest BCUT2D eigenvalue weighted by Crippen LogP contribution is 2.16. The predicted octanol–water partition coefficient (Wildman–Crippen LogP) is 1.15. The Hall–Kier alpha value is -1.56. The Morgan fingerprint density at radius 1 is 1.57 bits per heavy atom. The summed E-state index contributed by atoms with van der Waals surface area (Å²) in [4.78, 5) is 10.8. The van der Waals surface area contributed by atoms with Crippen LogP contribution in [0.2, 0.25) is 0 Å². The first kappa shape index (κ1) is 9.01. The van der Waals surface area contributed by atoms with E-state index in [0.717, 1.165) is 0 Å². The Morgan fingerprint density at radius 3 is 3.00 bits per heavy atom. The number of pyridine rings is 1. The van der Waals surface area contributed by atoms with E-state index in [1.54, 1.807) is 16.7 Å². The van der Waals surface area contributed by atoms with Gasteiger partial charge in [0.2, 0.25) is 0 Å². The van der Waals surface area contributed by atoms with Crippen molar-refractivity contribution in [3.8, 4) is 0 Å². The second kappa shape index (κ2) is 3.30. The van der Waals surface area contributed by atoms with Gasteiger partial charge >= 0.3 is 5.97 Å². The smallest absolute Gasteiger partial charge is 0.339 e. The Kier molecular flexibility index (Phi) is 2.12. The van der Waals surface area contributed by atoms with Crippen LogP contribution in [0.1, 0.15) is 10.4 Å². The van der Waals surface area contributed by atoms with Gasteiger partial charge in [-0.05, 0) is 18.4 Å². The van der Waals surface area contributed by atoms with E-state index in [9.17, 15) is 4.79 Å². The molecule has 1 N–H and O–H groups in total. The number of carboxylic acid groups (broad SMARTS) is 1. The molecular formula is C8H7N3O2S. The Morgan fingerprint density at radius 2 is 2.36 bits per heavy atom. The lowest BCUT2D eigenvalue weighted by Gasteiger charge is -1.97. The van der Waals surface area contributed by atoms with Crippen molar-refractivity contribution < 1.29 is 9.90 Å². The molecule has 0 aliphatic carbocycles. The fraction of sp³-hybridized carbons (Fsp3) is 0.125. The van der Waals surface area contributed by atoms with E-state index >= 15 is 0 Å². The van der Waals surface area contributed by atoms with Crippen molar-refractivity contribution in [3.05, 3.63) is 23.9 Å². The van der Waals surface area contributed by atoms with Crippen LogP contribution in [0.4, 0.5) is 0 Å². The van der Waals surface area contributed by atoms with Crippen LogP contribution < -0.4 is 0 Å². The van der Waals surface area contributed by atoms with Gasteiger partial charge < -0.3 is 5.11 Å². The van der Waals surface area contributed by atoms with Crippen LogP contribution >= 0.6 is 11.8 Å². The third-order valence-electron chi connectivity index (χ3n) is 1.82. The highest BCUT2D eigenvalue weighted by atomic mass is 32.2. The number of carbonyl (C=O) groups is 1. The summed E-state index contributed by atoms with van der Waals surface area (Å²) < 4.78 is 1.66. The van der Waals surface area contributed by atoms with Crippen molar-refractivity contribution in [2.45, 2.75) is 5.16 Å². The number of aromatic carboxylic acids is 1. The molecule has 0 amide bonds. The average molecular weight is 209 g/mol. The highest BCUT2D eigenvalue weighted by Gasteiger charge is 2.12. The van der Waals surface area contributed by atoms with E-state index in [2.05, 4.69) is 10.2 Å². The number of fused-ring (bicyclic) bond motifs is 1. The first-order valence-corrected chi connectivity index (χ1v) is 5.07. The van der Waals surface area contributed by atoms with Gasteiger partial charge in [0.05, 0.1) is 0 Å². The predicted molar refractivity (Wildman–Crippen MR) is 51.7 cm³/mol. The van der Waals surface area contributed by atoms with E-state index in [1.807, 2.05) is 6.26 Å². The minimum Gasteiger partial charge on any atom is -0.478 e. The minimum atomic E-state index is -0.990. The van der Waals surface area contributed by atoms with Crippen LogP contribution in [0, 0.1) is 0 Å². The van der Waals surface area contributed by atoms with Gasteiger partial charge in [0.15, 0.2) is 10.8 Å². The lowest BCUT2D eigenvalue weighted by Crippen LogP contribution is -2.00. The number of aromatic nitrogens is 3. The summed E-state index contributed by atoms with van der Waals surface area (Å²) in [5.74, 6) is -0.990. The zero-order chi connectivity index (χ0) is 10.1. The molecule has 0 bridgehead atoms. The van der Waals surface area contributed by atoms with Crippen LogP contribution in [0.5, 0.6) is 0 Å². The zero-order valence-electron chi connectivity index (χ0n) is 7.34. The van der Waals surface area contributed by atoms with Crippen LogP contribution in [-0.2, 0) is 0 Å². The molecule has 2 aromatic rings. The molecule has 6 heteroatoms. The molecule has 2 heterocycles. The van der Waals surface area contributed by atoms with E-state index in [0.29, 0.717) is 10.8 Å². The maximum Gasteiger partial charge on any atom is 0.339 e. The van der Waals surface area contributed by atoms with Gasteiger partial charge in [-0.25, -0.2) is 4.79 Å². The summed E-state index contributed by atoms with van der Waals surface area (Å²) >= 11 is 1.42. The normalized spacial score (nSPS) is 10.6. The van der Waals surface area contributed by atoms with Crippen molar-refractivity contribution in [1.82, 2.24) is 14.6 Å². The molecule has 0 atom stereocenters. The molecule has 72 valence electrons. The SMILES string of the molecule is CSc1nnc2c(C(=O)O)cccn12. The summed E-state index contributed by atoms with van der Waals surface area (Å²) in [7, 11) is 0. The maximum absolute atomic E-state index is 10.8. The fourth-order valence-electron chi connectivity index (χ4n) is 1.20. The summed E-state index contributed by atoms with van der Waals surface area (Å²) in [6.07, 6.45) is 3.61. The van der Waals surface area contributed by atoms with Gasteiger partial charge in [-0.3, -0.25) is 4.40 Å². The summed E-state index contributed by atoms with van der Waals surface area (Å²) in [6, 6.07) is 3.18. The average Bonchev–Trinajstić information content (AvgIpc) is 2.59. The molecule has 14 heavy (non-hydrogen) atoms. The standard InChI is InChI=1S/C8H7N3O2S/c1-14-8-10-9-6-5(7(12)13)3-2-4-11(6)8/h2-4H,1H3,(H,12,13). The third kappa shape index (κ3) is 1.24. The Bertz CT molecular complexity index is 494. The van der Waals surface area contributed by atoms with Crippen molar-refractivity contribution >= 4 is 23.4 Å². The first-order valence-electron chi connectivity index (χ1n) is 3.85. The summed E-state index contributed by atoms with van der Waals surface area (Å²) in [5.41, 5.74) is 0.546. The molecule has 0 radical (unpaired) electrons. The Balaban J connectivity index is 2.76. The number of hydrogen-bond donors (Lipinski definition) is 1. The lowest BCUT2D eigenvalue weighted by molar-refractivity contribution is 0.0698. The second-order valence-corrected chi connectivity index (χ2v) is 3.38. The third-order valence-corrected chi connectivity index (χ3v) is 2.46. The van der Waals surface area contributed by atoms with Gasteiger partial charge in [-0.15, -0.1) is 10.2 Å². The molecule has 0 aliphatic rings. The van der Waals surface area contributed by atoms with Crippen LogP contribution in [0.15, 0.2) is 23.5 Å². The first-order chi connectivity index (χ1) is 6.74. The molecule has 0 fully saturated rings. The van der Waals surface area contributed by atoms with Gasteiger partial charge in [-0.2, -0.15) is 0 Å². The van der Waals surface area contributed by atoms with E-state index in [-0.39, 0.29) is 5.56 Å². The number of thioether (sulfide) groups is 1. The van der Waals surface area contributed by atoms with Crippen molar-refractivity contribution in [3.63, 3.8) is 0 Å². The molecule has 0 spiro atoms. The highest BCUT2D eigenvalue weighted by molar-refractivity contribution is 7.98. The van der Waals surface area contributed by atoms with Gasteiger partial charge in [0.25, 0.3) is 0 Å². The monoisotopic (exact) mass is 209 g/mol. The minimum absolute atomic E-state index is 0.167. The molecule has 0 aliphatic heterocycles. The van der Waals surface area contributed by atoms with Crippen LogP contribution in [0.25, 0.3) is 5.65 Å². The maximum atomic E-state index is 10.8. The number of nitrogens with zero attached hydrogens (tertiary/aromatic N) is 3.